The number of anilines is 3. The van der Waals surface area contributed by atoms with Gasteiger partial charge in [-0.15, -0.1) is 6.42 Å². The van der Waals surface area contributed by atoms with E-state index in [1.54, 1.807) is 0 Å². The number of nitrogens with one attached hydrogen (secondary N) is 3. The minimum atomic E-state index is -0.891. The Kier molecular flexibility index (Phi) is 10.4. The van der Waals surface area contributed by atoms with E-state index < -0.39 is 5.97 Å². The van der Waals surface area contributed by atoms with Crippen LogP contribution in [0.5, 0.6) is 0 Å². The van der Waals surface area contributed by atoms with Crippen LogP contribution in [0.3, 0.4) is 0 Å². The molecule has 0 amide bonds. The van der Waals surface area contributed by atoms with Crippen molar-refractivity contribution >= 4 is 23.8 Å². The molecule has 138 valence electrons. The molecule has 1 rings (SSSR count). The number of carbonyl (C=O) groups is 1. The number of terminal acetylenes is 1. The first-order chi connectivity index (χ1) is 12.2. The highest BCUT2D eigenvalue weighted by atomic mass is 16.5. The molecule has 1 aromatic rings. The largest absolute Gasteiger partial charge is 0.481 e. The summed E-state index contributed by atoms with van der Waals surface area (Å²) in [5.41, 5.74) is 0. The second-order valence-corrected chi connectivity index (χ2v) is 4.67. The van der Waals surface area contributed by atoms with Gasteiger partial charge in [0.1, 0.15) is 0 Å². The van der Waals surface area contributed by atoms with Gasteiger partial charge < -0.3 is 30.5 Å². The van der Waals surface area contributed by atoms with Crippen LogP contribution in [-0.2, 0) is 14.3 Å². The number of nitrogens with zero attached hydrogens (tertiary/aromatic N) is 3. The van der Waals surface area contributed by atoms with Crippen molar-refractivity contribution in [1.82, 2.24) is 15.0 Å². The molecule has 25 heavy (non-hydrogen) atoms. The van der Waals surface area contributed by atoms with Gasteiger partial charge in [-0.05, 0) is 6.92 Å². The molecular formula is C15H24N6O4. The highest BCUT2D eigenvalue weighted by Gasteiger charge is 2.06. The average molecular weight is 352 g/mol. The molecule has 0 aromatic carbocycles. The van der Waals surface area contributed by atoms with Crippen molar-refractivity contribution in [2.75, 3.05) is 62.0 Å². The van der Waals surface area contributed by atoms with Crippen molar-refractivity contribution in [3.05, 3.63) is 0 Å². The molecule has 0 spiro atoms. The Hall–Kier alpha value is -2.64. The SMILES string of the molecule is C#CCNc1nc(NCCOCC)nc(NCCOCCC(=O)O)n1. The van der Waals surface area contributed by atoms with Crippen LogP contribution in [0.25, 0.3) is 0 Å². The molecule has 0 aliphatic heterocycles. The molecule has 0 aliphatic carbocycles. The number of aromatic nitrogens is 3. The third-order valence-corrected chi connectivity index (χ3v) is 2.71. The van der Waals surface area contributed by atoms with Crippen molar-refractivity contribution in [2.45, 2.75) is 13.3 Å². The fraction of sp³-hybridized carbons (Fsp3) is 0.600. The minimum absolute atomic E-state index is 0.0280. The molecule has 0 saturated carbocycles. The zero-order valence-electron chi connectivity index (χ0n) is 14.2. The van der Waals surface area contributed by atoms with Gasteiger partial charge in [-0.25, -0.2) is 0 Å². The van der Waals surface area contributed by atoms with Crippen LogP contribution in [-0.4, -0.2) is 72.1 Å². The summed E-state index contributed by atoms with van der Waals surface area (Å²) >= 11 is 0. The lowest BCUT2D eigenvalue weighted by Crippen LogP contribution is -2.17. The summed E-state index contributed by atoms with van der Waals surface area (Å²) in [6.07, 6.45) is 5.20. The van der Waals surface area contributed by atoms with Gasteiger partial charge in [0, 0.05) is 19.7 Å². The van der Waals surface area contributed by atoms with E-state index in [4.69, 9.17) is 21.0 Å². The molecule has 10 nitrogen and oxygen atoms in total. The first kappa shape index (κ1) is 20.4. The average Bonchev–Trinajstić information content (AvgIpc) is 2.59. The molecule has 10 heteroatoms. The Bertz CT molecular complexity index is 563. The molecule has 0 bridgehead atoms. The van der Waals surface area contributed by atoms with E-state index in [9.17, 15) is 4.79 Å². The first-order valence-electron chi connectivity index (χ1n) is 7.94. The minimum Gasteiger partial charge on any atom is -0.481 e. The molecule has 1 heterocycles. The third-order valence-electron chi connectivity index (χ3n) is 2.71. The summed E-state index contributed by atoms with van der Waals surface area (Å²) in [5, 5.41) is 17.5. The standard InChI is InChI=1S/C15H24N6O4/c1-3-6-16-13-19-14(17-7-10-24-4-2)21-15(20-13)18-8-11-25-9-5-12(22)23/h1H,4-11H2,2H3,(H,22,23)(H3,16,17,18,19,20,21). The van der Waals surface area contributed by atoms with Gasteiger partial charge in [0.2, 0.25) is 17.8 Å². The summed E-state index contributed by atoms with van der Waals surface area (Å²) < 4.78 is 10.4. The Labute approximate surface area is 146 Å². The number of hydrogen-bond acceptors (Lipinski definition) is 9. The maximum absolute atomic E-state index is 10.4. The van der Waals surface area contributed by atoms with Crippen LogP contribution in [0, 0.1) is 12.3 Å². The van der Waals surface area contributed by atoms with Gasteiger partial charge in [0.15, 0.2) is 0 Å². The molecular weight excluding hydrogens is 328 g/mol. The van der Waals surface area contributed by atoms with E-state index in [1.807, 2.05) is 6.92 Å². The van der Waals surface area contributed by atoms with Gasteiger partial charge in [-0.3, -0.25) is 4.79 Å². The van der Waals surface area contributed by atoms with Crippen molar-refractivity contribution in [2.24, 2.45) is 0 Å². The molecule has 0 saturated heterocycles. The number of carboxylic acid groups (broad SMARTS) is 1. The van der Waals surface area contributed by atoms with Gasteiger partial charge in [0.05, 0.1) is 32.8 Å². The normalized spacial score (nSPS) is 10.1. The van der Waals surface area contributed by atoms with E-state index in [0.717, 1.165) is 0 Å². The van der Waals surface area contributed by atoms with E-state index in [-0.39, 0.29) is 13.0 Å². The molecule has 1 aromatic heterocycles. The van der Waals surface area contributed by atoms with Crippen LogP contribution in [0.1, 0.15) is 13.3 Å². The van der Waals surface area contributed by atoms with Crippen molar-refractivity contribution in [3.8, 4) is 12.3 Å². The fourth-order valence-electron chi connectivity index (χ4n) is 1.62. The van der Waals surface area contributed by atoms with E-state index in [1.165, 1.54) is 0 Å². The lowest BCUT2D eigenvalue weighted by molar-refractivity contribution is -0.138. The van der Waals surface area contributed by atoms with Gasteiger partial charge in [-0.1, -0.05) is 5.92 Å². The lowest BCUT2D eigenvalue weighted by atomic mass is 10.5. The molecule has 0 radical (unpaired) electrons. The van der Waals surface area contributed by atoms with Gasteiger partial charge >= 0.3 is 5.97 Å². The number of aliphatic carboxylic acids is 1. The summed E-state index contributed by atoms with van der Waals surface area (Å²) in [4.78, 5) is 23.0. The first-order valence-corrected chi connectivity index (χ1v) is 7.94. The smallest absolute Gasteiger partial charge is 0.305 e. The third kappa shape index (κ3) is 9.95. The predicted molar refractivity (Wildman–Crippen MR) is 93.7 cm³/mol. The Morgan fingerprint density at radius 1 is 1.04 bits per heavy atom. The van der Waals surface area contributed by atoms with Crippen LogP contribution in [0.15, 0.2) is 0 Å². The second kappa shape index (κ2) is 12.7. The maximum Gasteiger partial charge on any atom is 0.305 e. The molecule has 0 aliphatic rings. The van der Waals surface area contributed by atoms with Gasteiger partial charge in [0.25, 0.3) is 0 Å². The number of rotatable bonds is 14. The topological polar surface area (TPSA) is 131 Å². The monoisotopic (exact) mass is 352 g/mol. The maximum atomic E-state index is 10.4. The molecule has 0 unspecified atom stereocenters. The van der Waals surface area contributed by atoms with Crippen molar-refractivity contribution < 1.29 is 19.4 Å². The van der Waals surface area contributed by atoms with Crippen LogP contribution < -0.4 is 16.0 Å². The molecule has 0 atom stereocenters. The van der Waals surface area contributed by atoms with E-state index >= 15 is 0 Å². The summed E-state index contributed by atoms with van der Waals surface area (Å²) in [5.74, 6) is 2.66. The molecule has 4 N–H and O–H groups in total. The number of hydrogen-bond donors (Lipinski definition) is 4. The van der Waals surface area contributed by atoms with Crippen LogP contribution in [0.4, 0.5) is 17.8 Å². The lowest BCUT2D eigenvalue weighted by Gasteiger charge is -2.10. The fourth-order valence-corrected chi connectivity index (χ4v) is 1.62. The summed E-state index contributed by atoms with van der Waals surface area (Å²) in [6, 6.07) is 0. The van der Waals surface area contributed by atoms with E-state index in [2.05, 4.69) is 36.8 Å². The second-order valence-electron chi connectivity index (χ2n) is 4.67. The van der Waals surface area contributed by atoms with E-state index in [0.29, 0.717) is 57.3 Å². The zero-order chi connectivity index (χ0) is 18.3. The Balaban J connectivity index is 2.51. The van der Waals surface area contributed by atoms with Crippen LogP contribution >= 0.6 is 0 Å². The number of ether oxygens (including phenoxy) is 2. The highest BCUT2D eigenvalue weighted by molar-refractivity contribution is 5.66. The Morgan fingerprint density at radius 3 is 2.12 bits per heavy atom. The highest BCUT2D eigenvalue weighted by Crippen LogP contribution is 2.08. The Morgan fingerprint density at radius 2 is 1.60 bits per heavy atom. The molecule has 0 fully saturated rings. The van der Waals surface area contributed by atoms with Gasteiger partial charge in [-0.2, -0.15) is 15.0 Å². The zero-order valence-corrected chi connectivity index (χ0v) is 14.2. The van der Waals surface area contributed by atoms with Crippen molar-refractivity contribution in [1.29, 1.82) is 0 Å². The number of carboxylic acids is 1. The van der Waals surface area contributed by atoms with Crippen LogP contribution in [0.2, 0.25) is 0 Å². The predicted octanol–water partition coefficient (Wildman–Crippen LogP) is 0.268. The summed E-state index contributed by atoms with van der Waals surface area (Å²) in [7, 11) is 0. The van der Waals surface area contributed by atoms with Crippen molar-refractivity contribution in [3.63, 3.8) is 0 Å². The quantitative estimate of drug-likeness (QED) is 0.273. The summed E-state index contributed by atoms with van der Waals surface area (Å²) in [6.45, 7) is 4.87.